The Kier molecular flexibility index (Phi) is 7.50. The van der Waals surface area contributed by atoms with Crippen LogP contribution in [0.1, 0.15) is 35.4 Å². The molecule has 10 heteroatoms. The molecule has 2 fully saturated rings. The molecule has 0 aromatic heterocycles. The summed E-state index contributed by atoms with van der Waals surface area (Å²) in [4.78, 5) is 70.5. The van der Waals surface area contributed by atoms with E-state index in [0.29, 0.717) is 31.6 Å². The van der Waals surface area contributed by atoms with Crippen LogP contribution in [0.5, 0.6) is 11.5 Å². The Morgan fingerprint density at radius 3 is 2.28 bits per heavy atom. The third kappa shape index (κ3) is 4.37. The number of fused-ring (bicyclic) bond motifs is 4. The molecule has 3 aliphatic carbocycles. The summed E-state index contributed by atoms with van der Waals surface area (Å²) >= 11 is 3.53. The van der Waals surface area contributed by atoms with E-state index in [-0.39, 0.29) is 41.5 Å². The molecule has 9 nitrogen and oxygen atoms in total. The van der Waals surface area contributed by atoms with E-state index in [1.807, 2.05) is 30.3 Å². The minimum atomic E-state index is -1.53. The highest BCUT2D eigenvalue weighted by Crippen LogP contribution is 2.65. The van der Waals surface area contributed by atoms with E-state index in [4.69, 9.17) is 9.47 Å². The maximum absolute atomic E-state index is 15.0. The predicted molar refractivity (Wildman–Crippen MR) is 173 cm³/mol. The number of phenols is 1. The highest BCUT2D eigenvalue weighted by molar-refractivity contribution is 9.10. The molecule has 3 aromatic rings. The average Bonchev–Trinajstić information content (AvgIpc) is 3.35. The zero-order valence-electron chi connectivity index (χ0n) is 25.5. The number of amides is 3. The molecule has 238 valence electrons. The third-order valence-corrected chi connectivity index (χ3v) is 10.8. The van der Waals surface area contributed by atoms with Crippen molar-refractivity contribution in [2.75, 3.05) is 14.2 Å². The van der Waals surface area contributed by atoms with Crippen molar-refractivity contribution in [2.45, 2.75) is 24.2 Å². The number of hydrogen-bond acceptors (Lipinski definition) is 8. The van der Waals surface area contributed by atoms with Gasteiger partial charge < -0.3 is 14.6 Å². The van der Waals surface area contributed by atoms with Crippen molar-refractivity contribution >= 4 is 51.0 Å². The van der Waals surface area contributed by atoms with Crippen molar-refractivity contribution in [3.8, 4) is 11.5 Å². The monoisotopic (exact) mass is 695 g/mol. The number of likely N-dealkylation sites (tertiary alicyclic amines) is 1. The number of allylic oxidation sites excluding steroid dienone is 4. The van der Waals surface area contributed by atoms with Gasteiger partial charge in [0.1, 0.15) is 0 Å². The first-order valence-corrected chi connectivity index (χ1v) is 16.1. The van der Waals surface area contributed by atoms with Gasteiger partial charge in [-0.3, -0.25) is 19.2 Å². The van der Waals surface area contributed by atoms with Crippen LogP contribution < -0.4 is 4.74 Å². The lowest BCUT2D eigenvalue weighted by molar-refractivity contribution is -0.138. The van der Waals surface area contributed by atoms with Gasteiger partial charge in [-0.1, -0.05) is 88.2 Å². The Morgan fingerprint density at radius 2 is 1.62 bits per heavy atom. The quantitative estimate of drug-likeness (QED) is 0.270. The van der Waals surface area contributed by atoms with Crippen LogP contribution >= 0.6 is 15.9 Å². The minimum absolute atomic E-state index is 0.0626. The molecule has 3 aromatic carbocycles. The largest absolute Gasteiger partial charge is 0.504 e. The SMILES string of the molecule is COC(=O)N1C(=O)C2CC=C3C(CC4C(=O)C(c5ccccc5)=CC(=O)C4(c4ccccc4)C3c3cc(Br)cc(OC)c3O)C2C1=O. The fraction of sp³-hybridized carbons (Fsp3) is 0.270. The van der Waals surface area contributed by atoms with Gasteiger partial charge in [0.25, 0.3) is 0 Å². The molecule has 1 N–H and O–H groups in total. The molecule has 47 heavy (non-hydrogen) atoms. The number of rotatable bonds is 4. The van der Waals surface area contributed by atoms with Gasteiger partial charge in [0, 0.05) is 27.4 Å². The fourth-order valence-corrected chi connectivity index (χ4v) is 8.91. The van der Waals surface area contributed by atoms with Crippen molar-refractivity contribution in [2.24, 2.45) is 23.7 Å². The number of halogens is 1. The molecule has 6 unspecified atom stereocenters. The van der Waals surface area contributed by atoms with Crippen molar-refractivity contribution in [3.63, 3.8) is 0 Å². The highest BCUT2D eigenvalue weighted by atomic mass is 79.9. The van der Waals surface area contributed by atoms with Gasteiger partial charge in [-0.15, -0.1) is 0 Å². The molecular formula is C37H30BrNO8. The van der Waals surface area contributed by atoms with Crippen LogP contribution in [0, 0.1) is 23.7 Å². The topological polar surface area (TPSA) is 127 Å². The first kappa shape index (κ1) is 30.8. The first-order chi connectivity index (χ1) is 22.6. The van der Waals surface area contributed by atoms with Gasteiger partial charge in [0.15, 0.2) is 23.1 Å². The number of ketones is 2. The number of carbonyl (C=O) groups excluding carboxylic acids is 5. The summed E-state index contributed by atoms with van der Waals surface area (Å²) in [5.74, 6) is -6.46. The van der Waals surface area contributed by atoms with Crippen LogP contribution in [0.2, 0.25) is 0 Å². The van der Waals surface area contributed by atoms with Crippen molar-refractivity contribution in [1.82, 2.24) is 4.90 Å². The molecule has 0 spiro atoms. The van der Waals surface area contributed by atoms with Gasteiger partial charge in [-0.05, 0) is 48.1 Å². The van der Waals surface area contributed by atoms with E-state index in [1.165, 1.54) is 13.2 Å². The molecule has 0 radical (unpaired) electrons. The van der Waals surface area contributed by atoms with Crippen molar-refractivity contribution in [3.05, 3.63) is 112 Å². The number of nitrogens with zero attached hydrogens (tertiary/aromatic N) is 1. The van der Waals surface area contributed by atoms with E-state index in [1.54, 1.807) is 48.5 Å². The van der Waals surface area contributed by atoms with Gasteiger partial charge in [-0.25, -0.2) is 4.79 Å². The Balaban J connectivity index is 1.53. The van der Waals surface area contributed by atoms with Crippen LogP contribution in [0.4, 0.5) is 4.79 Å². The van der Waals surface area contributed by atoms with Crippen LogP contribution in [0.25, 0.3) is 5.57 Å². The maximum atomic E-state index is 15.0. The number of ether oxygens (including phenoxy) is 2. The van der Waals surface area contributed by atoms with E-state index in [2.05, 4.69) is 15.9 Å². The molecule has 3 amide bonds. The summed E-state index contributed by atoms with van der Waals surface area (Å²) in [6, 6.07) is 21.3. The smallest absolute Gasteiger partial charge is 0.423 e. The molecule has 7 rings (SSSR count). The predicted octanol–water partition coefficient (Wildman–Crippen LogP) is 5.75. The molecule has 1 saturated carbocycles. The number of phenolic OH excluding ortho intramolecular Hbond substituents is 1. The van der Waals surface area contributed by atoms with E-state index in [0.717, 1.165) is 7.11 Å². The van der Waals surface area contributed by atoms with Crippen LogP contribution in [0.3, 0.4) is 0 Å². The Hall–Kier alpha value is -4.83. The number of methoxy groups -OCH3 is 2. The first-order valence-electron chi connectivity index (χ1n) is 15.3. The summed E-state index contributed by atoms with van der Waals surface area (Å²) in [5.41, 5.74) is 0.880. The lowest BCUT2D eigenvalue weighted by Crippen LogP contribution is -2.58. The third-order valence-electron chi connectivity index (χ3n) is 10.3. The lowest BCUT2D eigenvalue weighted by atomic mass is 9.44. The van der Waals surface area contributed by atoms with E-state index >= 15 is 4.79 Å². The van der Waals surface area contributed by atoms with Gasteiger partial charge >= 0.3 is 6.09 Å². The van der Waals surface area contributed by atoms with Gasteiger partial charge in [0.05, 0.1) is 31.5 Å². The number of carbonyl (C=O) groups is 5. The number of hydrogen-bond donors (Lipinski definition) is 1. The summed E-state index contributed by atoms with van der Waals surface area (Å²) in [5, 5.41) is 11.7. The second-order valence-electron chi connectivity index (χ2n) is 12.3. The summed E-state index contributed by atoms with van der Waals surface area (Å²) < 4.78 is 10.9. The Morgan fingerprint density at radius 1 is 0.936 bits per heavy atom. The number of Topliss-reactive ketones (excluding diaryl/α,β-unsaturated/α-hetero) is 1. The normalized spacial score (nSPS) is 28.1. The van der Waals surface area contributed by atoms with Gasteiger partial charge in [0.2, 0.25) is 11.8 Å². The maximum Gasteiger partial charge on any atom is 0.423 e. The van der Waals surface area contributed by atoms with Crippen LogP contribution in [0.15, 0.2) is 95.0 Å². The molecule has 4 aliphatic rings. The highest BCUT2D eigenvalue weighted by Gasteiger charge is 2.66. The molecular weight excluding hydrogens is 666 g/mol. The number of benzene rings is 3. The van der Waals surface area contributed by atoms with Crippen molar-refractivity contribution < 1.29 is 38.6 Å². The minimum Gasteiger partial charge on any atom is -0.504 e. The molecule has 0 bridgehead atoms. The summed E-state index contributed by atoms with van der Waals surface area (Å²) in [6.45, 7) is 0. The lowest BCUT2D eigenvalue weighted by Gasteiger charge is -2.55. The number of aromatic hydroxyl groups is 1. The van der Waals surface area contributed by atoms with E-state index < -0.39 is 52.9 Å². The summed E-state index contributed by atoms with van der Waals surface area (Å²) in [6.07, 6.45) is 2.39. The van der Waals surface area contributed by atoms with E-state index in [9.17, 15) is 24.3 Å². The second-order valence-corrected chi connectivity index (χ2v) is 13.2. The Labute approximate surface area is 279 Å². The Bertz CT molecular complexity index is 1920. The number of imide groups is 3. The van der Waals surface area contributed by atoms with Gasteiger partial charge in [-0.2, -0.15) is 4.90 Å². The molecule has 1 saturated heterocycles. The molecule has 1 heterocycles. The second kappa shape index (κ2) is 11.5. The zero-order valence-corrected chi connectivity index (χ0v) is 27.1. The van der Waals surface area contributed by atoms with Crippen molar-refractivity contribution in [1.29, 1.82) is 0 Å². The van der Waals surface area contributed by atoms with Crippen LogP contribution in [-0.4, -0.2) is 53.7 Å². The fourth-order valence-electron chi connectivity index (χ4n) is 8.46. The van der Waals surface area contributed by atoms with Crippen LogP contribution in [-0.2, 0) is 29.3 Å². The summed E-state index contributed by atoms with van der Waals surface area (Å²) in [7, 11) is 2.52. The zero-order chi connectivity index (χ0) is 33.2. The average molecular weight is 697 g/mol. The molecule has 6 atom stereocenters. The standard InChI is InChI=1S/C37H30BrNO8/c1-46-28-16-21(38)15-26(33(28)42)31-22-13-14-23-30(35(44)39(34(23)43)36(45)47-2)25(22)17-27-32(41)24(19-9-5-3-6-10-19)18-29(40)37(27,31)20-11-7-4-8-12-20/h3-13,15-16,18,23,25,27,30-31,42H,14,17H2,1-2H3. The molecule has 1 aliphatic heterocycles.